The number of ketones is 1. The number of aromatic nitrogens is 2. The third kappa shape index (κ3) is 5.72. The van der Waals surface area contributed by atoms with E-state index in [0.29, 0.717) is 53.6 Å². The van der Waals surface area contributed by atoms with Crippen LogP contribution in [-0.4, -0.2) is 58.5 Å². The molecule has 204 valence electrons. The molecule has 9 heteroatoms. The summed E-state index contributed by atoms with van der Waals surface area (Å²) in [5.74, 6) is 0.908. The third-order valence-corrected chi connectivity index (χ3v) is 7.24. The minimum absolute atomic E-state index is 0.0550. The number of hydrogen-bond acceptors (Lipinski definition) is 7. The fourth-order valence-electron chi connectivity index (χ4n) is 5.43. The molecule has 8 nitrogen and oxygen atoms in total. The molecular formula is C30H33FN4O4. The number of rotatable bonds is 5. The molecule has 2 aliphatic rings. The summed E-state index contributed by atoms with van der Waals surface area (Å²) in [6.07, 6.45) is 4.58. The zero-order valence-corrected chi connectivity index (χ0v) is 22.7. The number of carbonyl (C=O) groups excluding carboxylic acids is 2. The molecule has 0 radical (unpaired) electrons. The summed E-state index contributed by atoms with van der Waals surface area (Å²) in [5.41, 5.74) is 0.949. The van der Waals surface area contributed by atoms with Crippen molar-refractivity contribution >= 4 is 17.7 Å². The van der Waals surface area contributed by atoms with Crippen LogP contribution in [0.3, 0.4) is 0 Å². The number of Topliss-reactive ketones (excluding diaryl/α,β-unsaturated/α-hetero) is 1. The van der Waals surface area contributed by atoms with E-state index in [4.69, 9.17) is 9.47 Å². The molecular weight excluding hydrogens is 499 g/mol. The molecule has 2 aromatic carbocycles. The number of amides is 1. The van der Waals surface area contributed by atoms with Crippen molar-refractivity contribution in [3.05, 3.63) is 66.4 Å². The Morgan fingerprint density at radius 3 is 2.54 bits per heavy atom. The molecule has 0 saturated carbocycles. The van der Waals surface area contributed by atoms with Crippen LogP contribution in [0, 0.1) is 11.2 Å². The summed E-state index contributed by atoms with van der Waals surface area (Å²) >= 11 is 0. The number of hydrogen-bond donors (Lipinski definition) is 0. The summed E-state index contributed by atoms with van der Waals surface area (Å²) in [7, 11) is 0. The number of anilines is 1. The third-order valence-electron chi connectivity index (χ3n) is 7.24. The second kappa shape index (κ2) is 10.3. The summed E-state index contributed by atoms with van der Waals surface area (Å²) in [4.78, 5) is 37.6. The van der Waals surface area contributed by atoms with Gasteiger partial charge < -0.3 is 19.3 Å². The van der Waals surface area contributed by atoms with Crippen LogP contribution >= 0.6 is 0 Å². The van der Waals surface area contributed by atoms with Crippen LogP contribution in [0.2, 0.25) is 0 Å². The topological polar surface area (TPSA) is 84.9 Å². The van der Waals surface area contributed by atoms with Crippen molar-refractivity contribution in [2.75, 3.05) is 31.1 Å². The van der Waals surface area contributed by atoms with E-state index in [1.165, 1.54) is 25.4 Å². The van der Waals surface area contributed by atoms with Gasteiger partial charge >= 0.3 is 6.09 Å². The smallest absolute Gasteiger partial charge is 0.410 e. The molecule has 0 bridgehead atoms. The molecule has 5 rings (SSSR count). The van der Waals surface area contributed by atoms with Gasteiger partial charge in [-0.15, -0.1) is 0 Å². The summed E-state index contributed by atoms with van der Waals surface area (Å²) in [5, 5.41) is 0. The maximum Gasteiger partial charge on any atom is 0.410 e. The highest BCUT2D eigenvalue weighted by molar-refractivity contribution is 6.01. The molecule has 1 atom stereocenters. The predicted molar refractivity (Wildman–Crippen MR) is 146 cm³/mol. The Bertz CT molecular complexity index is 1410. The van der Waals surface area contributed by atoms with Gasteiger partial charge in [-0.25, -0.2) is 19.2 Å². The van der Waals surface area contributed by atoms with E-state index >= 15 is 0 Å². The summed E-state index contributed by atoms with van der Waals surface area (Å²) in [6, 6.07) is 11.3. The highest BCUT2D eigenvalue weighted by Crippen LogP contribution is 2.44. The van der Waals surface area contributed by atoms with E-state index in [0.717, 1.165) is 19.4 Å². The van der Waals surface area contributed by atoms with Crippen molar-refractivity contribution in [3.8, 4) is 22.6 Å². The first-order valence-electron chi connectivity index (χ1n) is 13.1. The van der Waals surface area contributed by atoms with Crippen LogP contribution in [0.1, 0.15) is 50.9 Å². The molecule has 2 saturated heterocycles. The molecule has 39 heavy (non-hydrogen) atoms. The number of ether oxygens (including phenoxy) is 2. The second-order valence-electron chi connectivity index (χ2n) is 11.4. The SMILES string of the molecule is CC(=O)c1ccccc1-c1cc(F)ccc1Oc1cncnc1N1CCC2(CCN(C(=O)OC(C)(C)C)C2)C1. The van der Waals surface area contributed by atoms with Crippen molar-refractivity contribution in [2.24, 2.45) is 5.41 Å². The lowest BCUT2D eigenvalue weighted by Gasteiger charge is -2.27. The van der Waals surface area contributed by atoms with Gasteiger partial charge in [0.05, 0.1) is 6.20 Å². The molecule has 3 heterocycles. The molecule has 3 aromatic rings. The van der Waals surface area contributed by atoms with Crippen LogP contribution in [0.25, 0.3) is 11.1 Å². The maximum atomic E-state index is 14.4. The fraction of sp³-hybridized carbons (Fsp3) is 0.400. The molecule has 1 spiro atoms. The van der Waals surface area contributed by atoms with E-state index < -0.39 is 11.4 Å². The number of carbonyl (C=O) groups is 2. The van der Waals surface area contributed by atoms with E-state index in [9.17, 15) is 14.0 Å². The van der Waals surface area contributed by atoms with E-state index in [-0.39, 0.29) is 17.3 Å². The highest BCUT2D eigenvalue weighted by Gasteiger charge is 2.46. The molecule has 1 unspecified atom stereocenters. The number of benzene rings is 2. The number of likely N-dealkylation sites (tertiary alicyclic amines) is 1. The van der Waals surface area contributed by atoms with E-state index in [1.54, 1.807) is 41.4 Å². The monoisotopic (exact) mass is 532 g/mol. The zero-order valence-electron chi connectivity index (χ0n) is 22.7. The molecule has 2 fully saturated rings. The van der Waals surface area contributed by atoms with Gasteiger partial charge in [-0.3, -0.25) is 4.79 Å². The number of halogens is 1. The van der Waals surface area contributed by atoms with Crippen molar-refractivity contribution in [1.29, 1.82) is 0 Å². The Hall–Kier alpha value is -4.01. The average Bonchev–Trinajstić information content (AvgIpc) is 3.51. The fourth-order valence-corrected chi connectivity index (χ4v) is 5.43. The van der Waals surface area contributed by atoms with Crippen LogP contribution in [-0.2, 0) is 4.74 Å². The molecule has 1 amide bonds. The van der Waals surface area contributed by atoms with Gasteiger partial charge in [0, 0.05) is 42.7 Å². The Morgan fingerprint density at radius 1 is 1.00 bits per heavy atom. The zero-order chi connectivity index (χ0) is 27.8. The quantitative estimate of drug-likeness (QED) is 0.366. The van der Waals surface area contributed by atoms with E-state index in [1.807, 2.05) is 20.8 Å². The van der Waals surface area contributed by atoms with Crippen LogP contribution in [0.15, 0.2) is 55.0 Å². The lowest BCUT2D eigenvalue weighted by atomic mass is 9.86. The van der Waals surface area contributed by atoms with Gasteiger partial charge in [0.1, 0.15) is 23.5 Å². The van der Waals surface area contributed by atoms with Gasteiger partial charge in [-0.05, 0) is 64.3 Å². The number of nitrogens with zero attached hydrogens (tertiary/aromatic N) is 4. The first kappa shape index (κ1) is 26.6. The maximum absolute atomic E-state index is 14.4. The Morgan fingerprint density at radius 2 is 1.77 bits per heavy atom. The molecule has 0 N–H and O–H groups in total. The normalized spacial score (nSPS) is 19.0. The lowest BCUT2D eigenvalue weighted by molar-refractivity contribution is 0.0276. The van der Waals surface area contributed by atoms with Gasteiger partial charge in [0.2, 0.25) is 0 Å². The van der Waals surface area contributed by atoms with Gasteiger partial charge in [0.15, 0.2) is 17.4 Å². The second-order valence-corrected chi connectivity index (χ2v) is 11.4. The first-order chi connectivity index (χ1) is 18.5. The van der Waals surface area contributed by atoms with Crippen molar-refractivity contribution in [3.63, 3.8) is 0 Å². The Kier molecular flexibility index (Phi) is 7.01. The largest absolute Gasteiger partial charge is 0.451 e. The van der Waals surface area contributed by atoms with Crippen LogP contribution in [0.4, 0.5) is 15.0 Å². The average molecular weight is 533 g/mol. The Balaban J connectivity index is 1.39. The molecule has 0 aliphatic carbocycles. The van der Waals surface area contributed by atoms with Crippen molar-refractivity contribution in [1.82, 2.24) is 14.9 Å². The first-order valence-corrected chi connectivity index (χ1v) is 13.1. The highest BCUT2D eigenvalue weighted by atomic mass is 19.1. The summed E-state index contributed by atoms with van der Waals surface area (Å²) < 4.78 is 26.3. The van der Waals surface area contributed by atoms with E-state index in [2.05, 4.69) is 14.9 Å². The molecule has 1 aromatic heterocycles. The van der Waals surface area contributed by atoms with Crippen molar-refractivity contribution in [2.45, 2.75) is 46.1 Å². The lowest BCUT2D eigenvalue weighted by Crippen LogP contribution is -2.37. The van der Waals surface area contributed by atoms with Gasteiger partial charge in [-0.2, -0.15) is 0 Å². The minimum atomic E-state index is -0.536. The Labute approximate surface area is 227 Å². The predicted octanol–water partition coefficient (Wildman–Crippen LogP) is 6.11. The summed E-state index contributed by atoms with van der Waals surface area (Å²) in [6.45, 7) is 9.84. The van der Waals surface area contributed by atoms with Gasteiger partial charge in [0.25, 0.3) is 0 Å². The van der Waals surface area contributed by atoms with Gasteiger partial charge in [-0.1, -0.05) is 24.3 Å². The van der Waals surface area contributed by atoms with Crippen LogP contribution in [0.5, 0.6) is 11.5 Å². The molecule has 2 aliphatic heterocycles. The standard InChI is InChI=1S/C30H33FN4O4/c1-20(36)22-7-5-6-8-23(22)24-15-21(31)9-10-25(24)38-26-16-32-19-33-27(26)34-13-11-30(17-34)12-14-35(18-30)28(37)39-29(2,3)4/h5-10,15-16,19H,11-14,17-18H2,1-4H3. The van der Waals surface area contributed by atoms with Crippen LogP contribution < -0.4 is 9.64 Å². The van der Waals surface area contributed by atoms with Crippen molar-refractivity contribution < 1.29 is 23.5 Å². The minimum Gasteiger partial charge on any atom is -0.451 e.